The molecule has 1 heterocycles. The molecule has 0 atom stereocenters. The van der Waals surface area contributed by atoms with Crippen LogP contribution in [0.25, 0.3) is 11.0 Å². The van der Waals surface area contributed by atoms with Crippen molar-refractivity contribution in [1.82, 2.24) is 14.3 Å². The summed E-state index contributed by atoms with van der Waals surface area (Å²) in [6.45, 7) is 0. The van der Waals surface area contributed by atoms with E-state index >= 15 is 0 Å². The predicted molar refractivity (Wildman–Crippen MR) is 57.0 cm³/mol. The quantitative estimate of drug-likeness (QED) is 0.822. The lowest BCUT2D eigenvalue weighted by Crippen LogP contribution is -2.22. The molecule has 0 radical (unpaired) electrons. The number of sulfonamides is 1. The molecule has 0 saturated carbocycles. The van der Waals surface area contributed by atoms with Crippen molar-refractivity contribution in [2.24, 2.45) is 0 Å². The second kappa shape index (κ2) is 3.32. The van der Waals surface area contributed by atoms with Gasteiger partial charge >= 0.3 is 0 Å². The molecule has 5 nitrogen and oxygen atoms in total. The third kappa shape index (κ3) is 1.51. The Kier molecular flexibility index (Phi) is 2.24. The average molecular weight is 225 g/mol. The van der Waals surface area contributed by atoms with Gasteiger partial charge in [0.15, 0.2) is 0 Å². The number of aromatic nitrogens is 2. The van der Waals surface area contributed by atoms with E-state index in [-0.39, 0.29) is 4.90 Å². The second-order valence-corrected chi connectivity index (χ2v) is 5.46. The summed E-state index contributed by atoms with van der Waals surface area (Å²) in [6.07, 6.45) is 1.49. The normalized spacial score (nSPS) is 12.5. The van der Waals surface area contributed by atoms with Crippen molar-refractivity contribution in [2.45, 2.75) is 4.90 Å². The number of rotatable bonds is 2. The molecule has 2 aromatic rings. The van der Waals surface area contributed by atoms with Crippen LogP contribution in [0.15, 0.2) is 29.4 Å². The van der Waals surface area contributed by atoms with E-state index in [4.69, 9.17) is 0 Å². The number of hydrogen-bond donors (Lipinski definition) is 1. The van der Waals surface area contributed by atoms with E-state index in [2.05, 4.69) is 9.97 Å². The van der Waals surface area contributed by atoms with Gasteiger partial charge in [0.25, 0.3) is 0 Å². The van der Waals surface area contributed by atoms with Gasteiger partial charge < -0.3 is 4.98 Å². The number of aromatic amines is 1. The van der Waals surface area contributed by atoms with Gasteiger partial charge in [0.05, 0.1) is 17.4 Å². The molecule has 0 aliphatic heterocycles. The van der Waals surface area contributed by atoms with E-state index in [1.807, 2.05) is 0 Å². The monoisotopic (exact) mass is 225 g/mol. The first-order valence-electron chi connectivity index (χ1n) is 4.38. The number of nitrogens with one attached hydrogen (secondary N) is 1. The summed E-state index contributed by atoms with van der Waals surface area (Å²) in [7, 11) is -0.402. The van der Waals surface area contributed by atoms with Crippen LogP contribution in [0, 0.1) is 0 Å². The van der Waals surface area contributed by atoms with Crippen molar-refractivity contribution in [3.05, 3.63) is 24.5 Å². The Morgan fingerprint density at radius 3 is 2.73 bits per heavy atom. The highest BCUT2D eigenvalue weighted by Gasteiger charge is 2.20. The van der Waals surface area contributed by atoms with Gasteiger partial charge in [-0.1, -0.05) is 6.07 Å². The molecule has 0 bridgehead atoms. The molecule has 0 aliphatic carbocycles. The predicted octanol–water partition coefficient (Wildman–Crippen LogP) is 0.813. The fourth-order valence-corrected chi connectivity index (χ4v) is 2.42. The molecule has 80 valence electrons. The van der Waals surface area contributed by atoms with E-state index < -0.39 is 10.0 Å². The standard InChI is InChI=1S/C9H11N3O2S/c1-12(2)15(13,14)8-5-3-4-7-9(8)11-6-10-7/h3-6H,1-2H3,(H,10,11). The van der Waals surface area contributed by atoms with Crippen LogP contribution < -0.4 is 0 Å². The summed E-state index contributed by atoms with van der Waals surface area (Å²) in [6, 6.07) is 5.01. The largest absolute Gasteiger partial charge is 0.343 e. The van der Waals surface area contributed by atoms with Crippen LogP contribution in [0.2, 0.25) is 0 Å². The Morgan fingerprint density at radius 2 is 2.07 bits per heavy atom. The van der Waals surface area contributed by atoms with E-state index in [1.165, 1.54) is 24.7 Å². The van der Waals surface area contributed by atoms with E-state index in [0.29, 0.717) is 11.0 Å². The number of hydrogen-bond acceptors (Lipinski definition) is 3. The summed E-state index contributed by atoms with van der Waals surface area (Å²) in [5.41, 5.74) is 1.20. The van der Waals surface area contributed by atoms with E-state index in [9.17, 15) is 8.42 Å². The van der Waals surface area contributed by atoms with Gasteiger partial charge in [-0.2, -0.15) is 0 Å². The van der Waals surface area contributed by atoms with Crippen LogP contribution in [0.1, 0.15) is 0 Å². The summed E-state index contributed by atoms with van der Waals surface area (Å²) in [4.78, 5) is 7.10. The van der Waals surface area contributed by atoms with Crippen LogP contribution in [0.3, 0.4) is 0 Å². The van der Waals surface area contributed by atoms with Crippen LogP contribution in [0.4, 0.5) is 0 Å². The van der Waals surface area contributed by atoms with Crippen LogP contribution in [0.5, 0.6) is 0 Å². The Bertz CT molecular complexity index is 586. The SMILES string of the molecule is CN(C)S(=O)(=O)c1cccc2nc[nH]c12. The first-order chi connectivity index (χ1) is 7.03. The minimum Gasteiger partial charge on any atom is -0.343 e. The maximum Gasteiger partial charge on any atom is 0.244 e. The highest BCUT2D eigenvalue weighted by molar-refractivity contribution is 7.89. The number of H-pyrrole nitrogens is 1. The third-order valence-corrected chi connectivity index (χ3v) is 4.03. The van der Waals surface area contributed by atoms with Gasteiger partial charge in [-0.15, -0.1) is 0 Å². The lowest BCUT2D eigenvalue weighted by molar-refractivity contribution is 0.521. The zero-order valence-corrected chi connectivity index (χ0v) is 9.25. The Hall–Kier alpha value is -1.40. The lowest BCUT2D eigenvalue weighted by atomic mass is 10.3. The van der Waals surface area contributed by atoms with Crippen LogP contribution in [-0.2, 0) is 10.0 Å². The molecule has 0 fully saturated rings. The molecule has 0 aliphatic rings. The molecule has 1 aromatic carbocycles. The zero-order valence-electron chi connectivity index (χ0n) is 8.43. The first kappa shape index (κ1) is 10.1. The number of benzene rings is 1. The fourth-order valence-electron chi connectivity index (χ4n) is 1.35. The van der Waals surface area contributed by atoms with Gasteiger partial charge in [0, 0.05) is 14.1 Å². The molecule has 6 heteroatoms. The van der Waals surface area contributed by atoms with Crippen molar-refractivity contribution in [3.63, 3.8) is 0 Å². The molecule has 15 heavy (non-hydrogen) atoms. The minimum atomic E-state index is -3.41. The summed E-state index contributed by atoms with van der Waals surface area (Å²) in [5, 5.41) is 0. The molecule has 0 spiro atoms. The molecule has 1 aromatic heterocycles. The smallest absolute Gasteiger partial charge is 0.244 e. The fraction of sp³-hybridized carbons (Fsp3) is 0.222. The maximum atomic E-state index is 11.9. The molecule has 2 rings (SSSR count). The van der Waals surface area contributed by atoms with Gasteiger partial charge in [-0.25, -0.2) is 17.7 Å². The zero-order chi connectivity index (χ0) is 11.1. The molecule has 1 N–H and O–H groups in total. The van der Waals surface area contributed by atoms with Crippen molar-refractivity contribution in [1.29, 1.82) is 0 Å². The topological polar surface area (TPSA) is 66.1 Å². The molecular weight excluding hydrogens is 214 g/mol. The van der Waals surface area contributed by atoms with Gasteiger partial charge in [-0.05, 0) is 12.1 Å². The average Bonchev–Trinajstić information content (AvgIpc) is 2.64. The van der Waals surface area contributed by atoms with Crippen LogP contribution >= 0.6 is 0 Å². The first-order valence-corrected chi connectivity index (χ1v) is 5.82. The summed E-state index contributed by atoms with van der Waals surface area (Å²) < 4.78 is 25.0. The van der Waals surface area contributed by atoms with Crippen LogP contribution in [-0.4, -0.2) is 36.8 Å². The van der Waals surface area contributed by atoms with E-state index in [0.717, 1.165) is 0 Å². The Labute approximate surface area is 87.8 Å². The molecule has 0 unspecified atom stereocenters. The van der Waals surface area contributed by atoms with Crippen molar-refractivity contribution in [2.75, 3.05) is 14.1 Å². The van der Waals surface area contributed by atoms with Crippen molar-refractivity contribution >= 4 is 21.1 Å². The molecular formula is C9H11N3O2S. The van der Waals surface area contributed by atoms with Gasteiger partial charge in [0.1, 0.15) is 4.90 Å². The summed E-state index contributed by atoms with van der Waals surface area (Å²) >= 11 is 0. The second-order valence-electron chi connectivity index (χ2n) is 3.34. The molecule has 0 amide bonds. The number of nitrogens with zero attached hydrogens (tertiary/aromatic N) is 2. The third-order valence-electron chi connectivity index (χ3n) is 2.18. The molecule has 0 saturated heterocycles. The highest BCUT2D eigenvalue weighted by atomic mass is 32.2. The minimum absolute atomic E-state index is 0.252. The highest BCUT2D eigenvalue weighted by Crippen LogP contribution is 2.21. The Morgan fingerprint density at radius 1 is 1.33 bits per heavy atom. The maximum absolute atomic E-state index is 11.9. The number of fused-ring (bicyclic) bond motifs is 1. The van der Waals surface area contributed by atoms with Gasteiger partial charge in [-0.3, -0.25) is 0 Å². The summed E-state index contributed by atoms with van der Waals surface area (Å²) in [5.74, 6) is 0. The van der Waals surface area contributed by atoms with Crippen molar-refractivity contribution in [3.8, 4) is 0 Å². The Balaban J connectivity index is 2.77. The van der Waals surface area contributed by atoms with Gasteiger partial charge in [0.2, 0.25) is 10.0 Å². The lowest BCUT2D eigenvalue weighted by Gasteiger charge is -2.11. The number of para-hydroxylation sites is 1. The van der Waals surface area contributed by atoms with E-state index in [1.54, 1.807) is 18.2 Å². The van der Waals surface area contributed by atoms with Crippen molar-refractivity contribution < 1.29 is 8.42 Å². The number of imidazole rings is 1.